The van der Waals surface area contributed by atoms with Gasteiger partial charge in [0.25, 0.3) is 5.91 Å². The highest BCUT2D eigenvalue weighted by Crippen LogP contribution is 2.12. The van der Waals surface area contributed by atoms with Crippen molar-refractivity contribution >= 4 is 36.4 Å². The first kappa shape index (κ1) is 20.0. The van der Waals surface area contributed by atoms with Crippen molar-refractivity contribution in [3.05, 3.63) is 29.3 Å². The number of nitrogens with two attached hydrogens (primary N) is 1. The number of morpholine rings is 1. The summed E-state index contributed by atoms with van der Waals surface area (Å²) in [6, 6.07) is 5.39. The average molecular weight is 336 g/mol. The molecule has 1 aliphatic rings. The van der Waals surface area contributed by atoms with Crippen molar-refractivity contribution in [1.82, 2.24) is 10.2 Å². The second-order valence-electron chi connectivity index (χ2n) is 4.78. The molecule has 0 atom stereocenters. The molecule has 0 radical (unpaired) electrons. The molecule has 0 saturated carbocycles. The molecule has 1 aromatic rings. The van der Waals surface area contributed by atoms with Gasteiger partial charge in [-0.15, -0.1) is 24.8 Å². The molecule has 1 aliphatic heterocycles. The predicted octanol–water partition coefficient (Wildman–Crippen LogP) is 1.48. The summed E-state index contributed by atoms with van der Waals surface area (Å²) in [6.07, 6.45) is 0. The van der Waals surface area contributed by atoms with Crippen molar-refractivity contribution in [3.63, 3.8) is 0 Å². The number of nitrogen functional groups attached to an aromatic ring is 1. The average Bonchev–Trinajstić information content (AvgIpc) is 2.42. The zero-order valence-corrected chi connectivity index (χ0v) is 13.8. The van der Waals surface area contributed by atoms with Crippen LogP contribution in [-0.4, -0.2) is 50.2 Å². The first-order chi connectivity index (χ1) is 9.16. The van der Waals surface area contributed by atoms with E-state index in [2.05, 4.69) is 10.2 Å². The Labute approximate surface area is 138 Å². The molecule has 1 heterocycles. The number of benzene rings is 1. The Bertz CT molecular complexity index is 452. The van der Waals surface area contributed by atoms with Gasteiger partial charge in [-0.25, -0.2) is 0 Å². The summed E-state index contributed by atoms with van der Waals surface area (Å²) in [4.78, 5) is 14.3. The Hall–Kier alpha value is -1.01. The number of aryl methyl sites for hydroxylation is 1. The van der Waals surface area contributed by atoms with Gasteiger partial charge in [-0.3, -0.25) is 9.69 Å². The van der Waals surface area contributed by atoms with Gasteiger partial charge in [-0.1, -0.05) is 6.07 Å². The Morgan fingerprint density at radius 3 is 2.67 bits per heavy atom. The minimum atomic E-state index is -0.0574. The third kappa shape index (κ3) is 6.09. The summed E-state index contributed by atoms with van der Waals surface area (Å²) in [6.45, 7) is 6.85. The second-order valence-corrected chi connectivity index (χ2v) is 4.78. The van der Waals surface area contributed by atoms with Crippen LogP contribution in [0.15, 0.2) is 18.2 Å². The number of amides is 1. The van der Waals surface area contributed by atoms with Gasteiger partial charge in [-0.05, 0) is 24.6 Å². The Kier molecular flexibility index (Phi) is 9.37. The van der Waals surface area contributed by atoms with Crippen LogP contribution in [0.1, 0.15) is 15.9 Å². The Morgan fingerprint density at radius 1 is 1.33 bits per heavy atom. The third-order valence-corrected chi connectivity index (χ3v) is 3.32. The van der Waals surface area contributed by atoms with E-state index in [1.807, 2.05) is 13.0 Å². The molecule has 0 bridgehead atoms. The standard InChI is InChI=1S/C14H21N3O2.2ClH/c1-11-2-3-12(15)10-13(11)14(18)16-4-5-17-6-8-19-9-7-17;;/h2-3,10H,4-9,15H2,1H3,(H,16,18);2*1H. The normalized spacial score (nSPS) is 14.7. The van der Waals surface area contributed by atoms with Gasteiger partial charge < -0.3 is 15.8 Å². The summed E-state index contributed by atoms with van der Waals surface area (Å²) < 4.78 is 5.28. The molecular formula is C14H23Cl2N3O2. The molecule has 3 N–H and O–H groups in total. The fraction of sp³-hybridized carbons (Fsp3) is 0.500. The van der Waals surface area contributed by atoms with Crippen LogP contribution in [0.4, 0.5) is 5.69 Å². The highest BCUT2D eigenvalue weighted by atomic mass is 35.5. The highest BCUT2D eigenvalue weighted by Gasteiger charge is 2.12. The lowest BCUT2D eigenvalue weighted by Gasteiger charge is -2.26. The van der Waals surface area contributed by atoms with Crippen LogP contribution in [0, 0.1) is 6.92 Å². The topological polar surface area (TPSA) is 67.6 Å². The van der Waals surface area contributed by atoms with E-state index >= 15 is 0 Å². The number of ether oxygens (including phenoxy) is 1. The third-order valence-electron chi connectivity index (χ3n) is 3.32. The fourth-order valence-corrected chi connectivity index (χ4v) is 2.13. The van der Waals surface area contributed by atoms with Crippen molar-refractivity contribution in [2.45, 2.75) is 6.92 Å². The van der Waals surface area contributed by atoms with Crippen LogP contribution in [0.2, 0.25) is 0 Å². The lowest BCUT2D eigenvalue weighted by molar-refractivity contribution is 0.0383. The predicted molar refractivity (Wildman–Crippen MR) is 89.7 cm³/mol. The number of nitrogens with one attached hydrogen (secondary N) is 1. The van der Waals surface area contributed by atoms with Crippen LogP contribution in [0.5, 0.6) is 0 Å². The molecular weight excluding hydrogens is 313 g/mol. The van der Waals surface area contributed by atoms with Crippen LogP contribution in [0.3, 0.4) is 0 Å². The smallest absolute Gasteiger partial charge is 0.251 e. The Balaban J connectivity index is 0.00000200. The van der Waals surface area contributed by atoms with E-state index in [1.54, 1.807) is 12.1 Å². The second kappa shape index (κ2) is 9.84. The van der Waals surface area contributed by atoms with Crippen molar-refractivity contribution in [1.29, 1.82) is 0 Å². The molecule has 0 spiro atoms. The van der Waals surface area contributed by atoms with Gasteiger partial charge in [0, 0.05) is 37.4 Å². The largest absolute Gasteiger partial charge is 0.399 e. The van der Waals surface area contributed by atoms with Crippen molar-refractivity contribution < 1.29 is 9.53 Å². The molecule has 120 valence electrons. The van der Waals surface area contributed by atoms with Crippen LogP contribution < -0.4 is 11.1 Å². The van der Waals surface area contributed by atoms with Gasteiger partial charge in [0.15, 0.2) is 0 Å². The number of halogens is 2. The van der Waals surface area contributed by atoms with Crippen LogP contribution in [-0.2, 0) is 4.74 Å². The minimum Gasteiger partial charge on any atom is -0.399 e. The van der Waals surface area contributed by atoms with E-state index in [0.717, 1.165) is 38.4 Å². The van der Waals surface area contributed by atoms with Gasteiger partial charge in [-0.2, -0.15) is 0 Å². The van der Waals surface area contributed by atoms with E-state index in [4.69, 9.17) is 10.5 Å². The quantitative estimate of drug-likeness (QED) is 0.818. The highest BCUT2D eigenvalue weighted by molar-refractivity contribution is 5.96. The minimum absolute atomic E-state index is 0. The van der Waals surface area contributed by atoms with Crippen LogP contribution >= 0.6 is 24.8 Å². The summed E-state index contributed by atoms with van der Waals surface area (Å²) in [5, 5.41) is 2.94. The summed E-state index contributed by atoms with van der Waals surface area (Å²) >= 11 is 0. The van der Waals surface area contributed by atoms with E-state index < -0.39 is 0 Å². The number of carbonyl (C=O) groups excluding carboxylic acids is 1. The SMILES string of the molecule is Cc1ccc(N)cc1C(=O)NCCN1CCOCC1.Cl.Cl. The summed E-state index contributed by atoms with van der Waals surface area (Å²) in [5.41, 5.74) is 7.92. The van der Waals surface area contributed by atoms with Crippen molar-refractivity contribution in [2.24, 2.45) is 0 Å². The zero-order chi connectivity index (χ0) is 13.7. The molecule has 1 fully saturated rings. The summed E-state index contributed by atoms with van der Waals surface area (Å²) in [5.74, 6) is -0.0574. The summed E-state index contributed by atoms with van der Waals surface area (Å²) in [7, 11) is 0. The number of rotatable bonds is 4. The number of hydrogen-bond donors (Lipinski definition) is 2. The maximum Gasteiger partial charge on any atom is 0.251 e. The fourth-order valence-electron chi connectivity index (χ4n) is 2.13. The molecule has 0 aliphatic carbocycles. The molecule has 21 heavy (non-hydrogen) atoms. The lowest BCUT2D eigenvalue weighted by atomic mass is 10.1. The van der Waals surface area contributed by atoms with Crippen molar-refractivity contribution in [3.8, 4) is 0 Å². The van der Waals surface area contributed by atoms with E-state index in [0.29, 0.717) is 17.8 Å². The number of nitrogens with zero attached hydrogens (tertiary/aromatic N) is 1. The van der Waals surface area contributed by atoms with Gasteiger partial charge in [0.2, 0.25) is 0 Å². The number of hydrogen-bond acceptors (Lipinski definition) is 4. The molecule has 1 saturated heterocycles. The molecule has 1 amide bonds. The van der Waals surface area contributed by atoms with Gasteiger partial charge in [0.1, 0.15) is 0 Å². The zero-order valence-electron chi connectivity index (χ0n) is 12.1. The van der Waals surface area contributed by atoms with Crippen LogP contribution in [0.25, 0.3) is 0 Å². The monoisotopic (exact) mass is 335 g/mol. The molecule has 7 heteroatoms. The molecule has 5 nitrogen and oxygen atoms in total. The first-order valence-electron chi connectivity index (χ1n) is 6.61. The number of carbonyl (C=O) groups is 1. The molecule has 1 aromatic carbocycles. The molecule has 0 aromatic heterocycles. The Morgan fingerprint density at radius 2 is 2.00 bits per heavy atom. The van der Waals surface area contributed by atoms with E-state index in [9.17, 15) is 4.79 Å². The first-order valence-corrected chi connectivity index (χ1v) is 6.61. The lowest BCUT2D eigenvalue weighted by Crippen LogP contribution is -2.41. The maximum absolute atomic E-state index is 12.0. The molecule has 0 unspecified atom stereocenters. The van der Waals surface area contributed by atoms with E-state index in [-0.39, 0.29) is 30.7 Å². The van der Waals surface area contributed by atoms with Crippen molar-refractivity contribution in [2.75, 3.05) is 45.1 Å². The van der Waals surface area contributed by atoms with Gasteiger partial charge in [0.05, 0.1) is 13.2 Å². The van der Waals surface area contributed by atoms with Gasteiger partial charge >= 0.3 is 0 Å². The number of anilines is 1. The van der Waals surface area contributed by atoms with E-state index in [1.165, 1.54) is 0 Å². The maximum atomic E-state index is 12.0. The molecule has 2 rings (SSSR count).